The van der Waals surface area contributed by atoms with Crippen LogP contribution in [0.5, 0.6) is 0 Å². The maximum atomic E-state index is 12.8. The average molecular weight is 412 g/mol. The van der Waals surface area contributed by atoms with Gasteiger partial charge in [0.25, 0.3) is 5.91 Å². The van der Waals surface area contributed by atoms with Gasteiger partial charge in [-0.05, 0) is 61.7 Å². The molecular weight excluding hydrogens is 393 g/mol. The van der Waals surface area contributed by atoms with Gasteiger partial charge in [0, 0.05) is 17.8 Å². The number of nitrogens with zero attached hydrogens (tertiary/aromatic N) is 1. The molecule has 0 aromatic heterocycles. The van der Waals surface area contributed by atoms with Crippen LogP contribution in [0.3, 0.4) is 0 Å². The van der Waals surface area contributed by atoms with Gasteiger partial charge in [-0.15, -0.1) is 0 Å². The Morgan fingerprint density at radius 2 is 1.93 bits per heavy atom. The summed E-state index contributed by atoms with van der Waals surface area (Å²) in [7, 11) is -3.41. The van der Waals surface area contributed by atoms with Gasteiger partial charge in [0.1, 0.15) is 0 Å². The number of rotatable bonds is 4. The zero-order chi connectivity index (χ0) is 20.5. The van der Waals surface area contributed by atoms with Crippen molar-refractivity contribution >= 4 is 27.3 Å². The summed E-state index contributed by atoms with van der Waals surface area (Å²) >= 11 is 0. The molecule has 28 heavy (non-hydrogen) atoms. The van der Waals surface area contributed by atoms with Gasteiger partial charge in [-0.3, -0.25) is 9.10 Å². The minimum Gasteiger partial charge on any atom is -0.322 e. The maximum Gasteiger partial charge on any atom is 0.416 e. The van der Waals surface area contributed by atoms with E-state index in [9.17, 15) is 26.4 Å². The smallest absolute Gasteiger partial charge is 0.322 e. The van der Waals surface area contributed by atoms with E-state index in [0.29, 0.717) is 25.1 Å². The summed E-state index contributed by atoms with van der Waals surface area (Å²) in [6.45, 7) is 1.96. The molecule has 0 atom stereocenters. The number of aryl methyl sites for hydroxylation is 1. The predicted octanol–water partition coefficient (Wildman–Crippen LogP) is 4.06. The van der Waals surface area contributed by atoms with Crippen molar-refractivity contribution in [2.45, 2.75) is 25.9 Å². The Kier molecular flexibility index (Phi) is 5.38. The van der Waals surface area contributed by atoms with Crippen molar-refractivity contribution < 1.29 is 26.4 Å². The third-order valence-corrected chi connectivity index (χ3v) is 6.35. The van der Waals surface area contributed by atoms with E-state index < -0.39 is 27.7 Å². The largest absolute Gasteiger partial charge is 0.416 e. The molecule has 0 fully saturated rings. The van der Waals surface area contributed by atoms with Crippen LogP contribution in [0.2, 0.25) is 0 Å². The standard InChI is InChI=1S/C19H19F3N2O3S/c1-2-28(26,27)24-10-4-5-13-11-14(8-9-17(13)24)18(25)23-16-7-3-6-15(12-16)19(20,21)22/h3,6-9,11-12H,2,4-5,10H2,1H3,(H,23,25). The number of hydrogen-bond donors (Lipinski definition) is 1. The van der Waals surface area contributed by atoms with Crippen LogP contribution < -0.4 is 9.62 Å². The van der Waals surface area contributed by atoms with Crippen LogP contribution in [-0.4, -0.2) is 26.6 Å². The number of fused-ring (bicyclic) bond motifs is 1. The van der Waals surface area contributed by atoms with Crippen LogP contribution in [0, 0.1) is 0 Å². The van der Waals surface area contributed by atoms with E-state index in [-0.39, 0.29) is 17.0 Å². The highest BCUT2D eigenvalue weighted by Gasteiger charge is 2.30. The quantitative estimate of drug-likeness (QED) is 0.824. The second-order valence-corrected chi connectivity index (χ2v) is 8.63. The van der Waals surface area contributed by atoms with Gasteiger partial charge < -0.3 is 5.32 Å². The van der Waals surface area contributed by atoms with Gasteiger partial charge in [-0.1, -0.05) is 6.07 Å². The first-order chi connectivity index (χ1) is 13.1. The molecule has 0 aliphatic carbocycles. The van der Waals surface area contributed by atoms with Gasteiger partial charge in [0.2, 0.25) is 10.0 Å². The Bertz CT molecular complexity index is 1000. The highest BCUT2D eigenvalue weighted by molar-refractivity contribution is 7.92. The van der Waals surface area contributed by atoms with Crippen LogP contribution in [0.25, 0.3) is 0 Å². The summed E-state index contributed by atoms with van der Waals surface area (Å²) in [6, 6.07) is 9.03. The maximum absolute atomic E-state index is 12.8. The van der Waals surface area contributed by atoms with E-state index in [0.717, 1.165) is 17.7 Å². The molecule has 0 radical (unpaired) electrons. The first-order valence-electron chi connectivity index (χ1n) is 8.74. The Morgan fingerprint density at radius 3 is 2.61 bits per heavy atom. The molecule has 150 valence electrons. The lowest BCUT2D eigenvalue weighted by molar-refractivity contribution is -0.137. The highest BCUT2D eigenvalue weighted by atomic mass is 32.2. The van der Waals surface area contributed by atoms with E-state index >= 15 is 0 Å². The van der Waals surface area contributed by atoms with Gasteiger partial charge in [0.05, 0.1) is 17.0 Å². The monoisotopic (exact) mass is 412 g/mol. The number of nitrogens with one attached hydrogen (secondary N) is 1. The number of carbonyl (C=O) groups is 1. The summed E-state index contributed by atoms with van der Waals surface area (Å²) in [5.74, 6) is -0.581. The normalized spacial score (nSPS) is 14.5. The molecule has 1 heterocycles. The number of benzene rings is 2. The third kappa shape index (κ3) is 4.14. The van der Waals surface area contributed by atoms with E-state index in [1.807, 2.05) is 0 Å². The average Bonchev–Trinajstić information content (AvgIpc) is 2.66. The van der Waals surface area contributed by atoms with Crippen molar-refractivity contribution in [1.82, 2.24) is 0 Å². The number of amides is 1. The van der Waals surface area contributed by atoms with Crippen molar-refractivity contribution in [3.63, 3.8) is 0 Å². The van der Waals surface area contributed by atoms with Crippen LogP contribution in [0.1, 0.15) is 34.8 Å². The summed E-state index contributed by atoms with van der Waals surface area (Å²) in [6.07, 6.45) is -3.25. The van der Waals surface area contributed by atoms with Crippen molar-refractivity contribution in [1.29, 1.82) is 0 Å². The molecule has 3 rings (SSSR count). The summed E-state index contributed by atoms with van der Waals surface area (Å²) in [5.41, 5.74) is 0.708. The first kappa shape index (κ1) is 20.2. The second kappa shape index (κ2) is 7.46. The molecule has 1 aliphatic rings. The molecule has 2 aromatic carbocycles. The van der Waals surface area contributed by atoms with Crippen LogP contribution in [0.15, 0.2) is 42.5 Å². The fourth-order valence-electron chi connectivity index (χ4n) is 3.13. The molecule has 0 unspecified atom stereocenters. The molecule has 1 N–H and O–H groups in total. The molecule has 5 nitrogen and oxygen atoms in total. The third-order valence-electron chi connectivity index (χ3n) is 4.57. The van der Waals surface area contributed by atoms with Crippen LogP contribution >= 0.6 is 0 Å². The number of sulfonamides is 1. The Hall–Kier alpha value is -2.55. The molecule has 0 saturated heterocycles. The van der Waals surface area contributed by atoms with Gasteiger partial charge in [0.15, 0.2) is 0 Å². The number of alkyl halides is 3. The number of carbonyl (C=O) groups excluding carboxylic acids is 1. The zero-order valence-corrected chi connectivity index (χ0v) is 15.9. The fraction of sp³-hybridized carbons (Fsp3) is 0.316. The first-order valence-corrected chi connectivity index (χ1v) is 10.3. The van der Waals surface area contributed by atoms with E-state index in [1.54, 1.807) is 19.1 Å². The lowest BCUT2D eigenvalue weighted by Gasteiger charge is -2.30. The van der Waals surface area contributed by atoms with Gasteiger partial charge in [-0.25, -0.2) is 8.42 Å². The molecule has 1 amide bonds. The number of hydrogen-bond acceptors (Lipinski definition) is 3. The van der Waals surface area contributed by atoms with Crippen LogP contribution in [-0.2, 0) is 22.6 Å². The highest BCUT2D eigenvalue weighted by Crippen LogP contribution is 2.32. The molecule has 2 aromatic rings. The number of anilines is 2. The molecule has 9 heteroatoms. The Morgan fingerprint density at radius 1 is 1.18 bits per heavy atom. The SMILES string of the molecule is CCS(=O)(=O)N1CCCc2cc(C(=O)Nc3cccc(C(F)(F)F)c3)ccc21. The molecular formula is C19H19F3N2O3S. The molecule has 1 aliphatic heterocycles. The van der Waals surface area contributed by atoms with Crippen molar-refractivity contribution in [2.75, 3.05) is 21.9 Å². The lowest BCUT2D eigenvalue weighted by atomic mass is 10.0. The summed E-state index contributed by atoms with van der Waals surface area (Å²) < 4.78 is 64.3. The van der Waals surface area contributed by atoms with E-state index in [4.69, 9.17) is 0 Å². The van der Waals surface area contributed by atoms with Crippen molar-refractivity contribution in [2.24, 2.45) is 0 Å². The van der Waals surface area contributed by atoms with E-state index in [2.05, 4.69) is 5.32 Å². The zero-order valence-electron chi connectivity index (χ0n) is 15.1. The van der Waals surface area contributed by atoms with Crippen LogP contribution in [0.4, 0.5) is 24.5 Å². The Balaban J connectivity index is 1.85. The lowest BCUT2D eigenvalue weighted by Crippen LogP contribution is -2.36. The predicted molar refractivity (Wildman–Crippen MR) is 101 cm³/mol. The van der Waals surface area contributed by atoms with Crippen molar-refractivity contribution in [3.05, 3.63) is 59.2 Å². The topological polar surface area (TPSA) is 66.5 Å². The fourth-order valence-corrected chi connectivity index (χ4v) is 4.32. The van der Waals surface area contributed by atoms with Gasteiger partial charge >= 0.3 is 6.18 Å². The van der Waals surface area contributed by atoms with Gasteiger partial charge in [-0.2, -0.15) is 13.2 Å². The van der Waals surface area contributed by atoms with Crippen molar-refractivity contribution in [3.8, 4) is 0 Å². The molecule has 0 saturated carbocycles. The second-order valence-electron chi connectivity index (χ2n) is 6.45. The molecule has 0 bridgehead atoms. The summed E-state index contributed by atoms with van der Waals surface area (Å²) in [4.78, 5) is 12.5. The molecule has 0 spiro atoms. The summed E-state index contributed by atoms with van der Waals surface area (Å²) in [5, 5.41) is 2.46. The number of halogens is 3. The minimum atomic E-state index is -4.50. The Labute approximate surface area is 161 Å². The van der Waals surface area contributed by atoms with E-state index in [1.165, 1.54) is 22.5 Å². The minimum absolute atomic E-state index is 0.0236.